The number of hydrogen-bond acceptors (Lipinski definition) is 2. The molecule has 0 fully saturated rings. The summed E-state index contributed by atoms with van der Waals surface area (Å²) in [5, 5.41) is 5.44. The summed E-state index contributed by atoms with van der Waals surface area (Å²) in [5.41, 5.74) is 1.04. The van der Waals surface area contributed by atoms with E-state index in [1.807, 2.05) is 30.3 Å². The van der Waals surface area contributed by atoms with Gasteiger partial charge in [-0.25, -0.2) is 0 Å². The van der Waals surface area contributed by atoms with Crippen LogP contribution in [0, 0.1) is 5.92 Å². The normalized spacial score (nSPS) is 16.9. The van der Waals surface area contributed by atoms with E-state index < -0.39 is 0 Å². The van der Waals surface area contributed by atoms with Crippen LogP contribution in [0.5, 0.6) is 0 Å². The van der Waals surface area contributed by atoms with E-state index in [1.165, 1.54) is 0 Å². The lowest BCUT2D eigenvalue weighted by molar-refractivity contribution is -0.126. The van der Waals surface area contributed by atoms with Crippen LogP contribution in [0.15, 0.2) is 42.5 Å². The quantitative estimate of drug-likeness (QED) is 0.775. The van der Waals surface area contributed by atoms with Crippen LogP contribution in [0.1, 0.15) is 24.8 Å². The van der Waals surface area contributed by atoms with Crippen LogP contribution in [0.25, 0.3) is 0 Å². The first-order valence-electron chi connectivity index (χ1n) is 6.98. The molecule has 106 valence electrons. The molecule has 0 heterocycles. The Morgan fingerprint density at radius 1 is 1.10 bits per heavy atom. The van der Waals surface area contributed by atoms with Gasteiger partial charge in [-0.1, -0.05) is 42.5 Å². The van der Waals surface area contributed by atoms with Crippen molar-refractivity contribution in [2.45, 2.75) is 25.8 Å². The largest absolute Gasteiger partial charge is 0.350 e. The molecule has 1 aromatic carbocycles. The monoisotopic (exact) mass is 272 g/mol. The summed E-state index contributed by atoms with van der Waals surface area (Å²) in [4.78, 5) is 23.3. The Kier molecular flexibility index (Phi) is 5.35. The van der Waals surface area contributed by atoms with Crippen molar-refractivity contribution >= 4 is 11.8 Å². The van der Waals surface area contributed by atoms with Crippen LogP contribution >= 0.6 is 0 Å². The molecular formula is C16H20N2O2. The van der Waals surface area contributed by atoms with Crippen molar-refractivity contribution in [2.75, 3.05) is 6.54 Å². The minimum atomic E-state index is -0.163. The van der Waals surface area contributed by atoms with Gasteiger partial charge in [0.2, 0.25) is 11.8 Å². The molecule has 0 spiro atoms. The van der Waals surface area contributed by atoms with Crippen molar-refractivity contribution in [3.63, 3.8) is 0 Å². The first-order chi connectivity index (χ1) is 9.74. The summed E-state index contributed by atoms with van der Waals surface area (Å²) in [6.07, 6.45) is 6.74. The van der Waals surface area contributed by atoms with Gasteiger partial charge in [0.25, 0.3) is 0 Å². The third-order valence-corrected chi connectivity index (χ3v) is 3.34. The smallest absolute Gasteiger partial charge is 0.239 e. The maximum atomic E-state index is 11.7. The summed E-state index contributed by atoms with van der Waals surface area (Å²) in [5.74, 6) is 0.114. The Labute approximate surface area is 119 Å². The first kappa shape index (κ1) is 14.3. The van der Waals surface area contributed by atoms with Crippen LogP contribution < -0.4 is 10.6 Å². The SMILES string of the molecule is O=C(CNC(=O)CC1C=CCC1)NCc1ccccc1. The molecule has 4 heteroatoms. The molecule has 0 aliphatic heterocycles. The molecule has 0 saturated heterocycles. The topological polar surface area (TPSA) is 58.2 Å². The van der Waals surface area contributed by atoms with Crippen molar-refractivity contribution in [1.29, 1.82) is 0 Å². The second-order valence-corrected chi connectivity index (χ2v) is 5.01. The van der Waals surface area contributed by atoms with E-state index in [0.29, 0.717) is 18.9 Å². The van der Waals surface area contributed by atoms with E-state index in [2.05, 4.69) is 22.8 Å². The lowest BCUT2D eigenvalue weighted by Gasteiger charge is -2.09. The molecule has 20 heavy (non-hydrogen) atoms. The number of allylic oxidation sites excluding steroid dienone is 2. The zero-order valence-corrected chi connectivity index (χ0v) is 11.5. The lowest BCUT2D eigenvalue weighted by Crippen LogP contribution is -2.37. The molecule has 0 aromatic heterocycles. The van der Waals surface area contributed by atoms with E-state index in [1.54, 1.807) is 0 Å². The molecule has 1 aliphatic carbocycles. The molecule has 1 aromatic rings. The number of amides is 2. The Hall–Kier alpha value is -2.10. The zero-order valence-electron chi connectivity index (χ0n) is 11.5. The standard InChI is InChI=1S/C16H20N2O2/c19-15(10-13-6-4-5-7-13)18-12-16(20)17-11-14-8-2-1-3-9-14/h1-4,6,8-9,13H,5,7,10-12H2,(H,17,20)(H,18,19). The van der Waals surface area contributed by atoms with Gasteiger partial charge in [-0.05, 0) is 24.3 Å². The summed E-state index contributed by atoms with van der Waals surface area (Å²) in [6, 6.07) is 9.69. The maximum Gasteiger partial charge on any atom is 0.239 e. The van der Waals surface area contributed by atoms with Gasteiger partial charge in [0.15, 0.2) is 0 Å². The van der Waals surface area contributed by atoms with Gasteiger partial charge in [-0.15, -0.1) is 0 Å². The summed E-state index contributed by atoms with van der Waals surface area (Å²) in [7, 11) is 0. The average Bonchev–Trinajstić information content (AvgIpc) is 2.97. The average molecular weight is 272 g/mol. The van der Waals surface area contributed by atoms with Gasteiger partial charge in [0.1, 0.15) is 0 Å². The Bertz CT molecular complexity index is 483. The fourth-order valence-electron chi connectivity index (χ4n) is 2.21. The number of carbonyl (C=O) groups is 2. The van der Waals surface area contributed by atoms with Crippen LogP contribution in [-0.4, -0.2) is 18.4 Å². The number of carbonyl (C=O) groups excluding carboxylic acids is 2. The predicted molar refractivity (Wildman–Crippen MR) is 77.8 cm³/mol. The number of hydrogen-bond donors (Lipinski definition) is 2. The molecule has 2 rings (SSSR count). The van der Waals surface area contributed by atoms with E-state index in [-0.39, 0.29) is 18.4 Å². The van der Waals surface area contributed by atoms with Crippen LogP contribution in [0.3, 0.4) is 0 Å². The number of benzene rings is 1. The van der Waals surface area contributed by atoms with Crippen LogP contribution in [-0.2, 0) is 16.1 Å². The fraction of sp³-hybridized carbons (Fsp3) is 0.375. The molecule has 0 radical (unpaired) electrons. The Balaban J connectivity index is 1.62. The summed E-state index contributed by atoms with van der Waals surface area (Å²) < 4.78 is 0. The highest BCUT2D eigenvalue weighted by atomic mass is 16.2. The second kappa shape index (κ2) is 7.48. The highest BCUT2D eigenvalue weighted by Crippen LogP contribution is 2.19. The Morgan fingerprint density at radius 2 is 1.90 bits per heavy atom. The lowest BCUT2D eigenvalue weighted by atomic mass is 10.1. The van der Waals surface area contributed by atoms with Gasteiger partial charge in [0.05, 0.1) is 6.54 Å². The van der Waals surface area contributed by atoms with Crippen LogP contribution in [0.4, 0.5) is 0 Å². The molecule has 1 atom stereocenters. The maximum absolute atomic E-state index is 11.7. The molecule has 0 bridgehead atoms. The third-order valence-electron chi connectivity index (χ3n) is 3.34. The predicted octanol–water partition coefficient (Wildman–Crippen LogP) is 1.78. The van der Waals surface area contributed by atoms with Gasteiger partial charge in [0, 0.05) is 13.0 Å². The van der Waals surface area contributed by atoms with Crippen molar-refractivity contribution in [3.8, 4) is 0 Å². The first-order valence-corrected chi connectivity index (χ1v) is 6.98. The van der Waals surface area contributed by atoms with E-state index in [9.17, 15) is 9.59 Å². The van der Waals surface area contributed by atoms with E-state index in [0.717, 1.165) is 18.4 Å². The molecule has 1 aliphatic rings. The molecule has 4 nitrogen and oxygen atoms in total. The van der Waals surface area contributed by atoms with Crippen molar-refractivity contribution in [2.24, 2.45) is 5.92 Å². The van der Waals surface area contributed by atoms with Crippen molar-refractivity contribution < 1.29 is 9.59 Å². The fourth-order valence-corrected chi connectivity index (χ4v) is 2.21. The second-order valence-electron chi connectivity index (χ2n) is 5.01. The third kappa shape index (κ3) is 4.88. The summed E-state index contributed by atoms with van der Waals surface area (Å²) >= 11 is 0. The van der Waals surface area contributed by atoms with E-state index >= 15 is 0 Å². The molecule has 2 N–H and O–H groups in total. The van der Waals surface area contributed by atoms with Crippen molar-refractivity contribution in [1.82, 2.24) is 10.6 Å². The summed E-state index contributed by atoms with van der Waals surface area (Å²) in [6.45, 7) is 0.531. The molecular weight excluding hydrogens is 252 g/mol. The van der Waals surface area contributed by atoms with E-state index in [4.69, 9.17) is 0 Å². The Morgan fingerprint density at radius 3 is 2.60 bits per heavy atom. The highest BCUT2D eigenvalue weighted by molar-refractivity contribution is 5.84. The minimum absolute atomic E-state index is 0.0438. The number of rotatable bonds is 6. The van der Waals surface area contributed by atoms with Gasteiger partial charge in [-0.2, -0.15) is 0 Å². The minimum Gasteiger partial charge on any atom is -0.350 e. The van der Waals surface area contributed by atoms with Crippen LogP contribution in [0.2, 0.25) is 0 Å². The molecule has 1 unspecified atom stereocenters. The molecule has 0 saturated carbocycles. The number of nitrogens with one attached hydrogen (secondary N) is 2. The van der Waals surface area contributed by atoms with Gasteiger partial charge >= 0.3 is 0 Å². The van der Waals surface area contributed by atoms with Gasteiger partial charge < -0.3 is 10.6 Å². The highest BCUT2D eigenvalue weighted by Gasteiger charge is 2.14. The zero-order chi connectivity index (χ0) is 14.2. The van der Waals surface area contributed by atoms with Crippen molar-refractivity contribution in [3.05, 3.63) is 48.0 Å². The molecule has 2 amide bonds. The van der Waals surface area contributed by atoms with Gasteiger partial charge in [-0.3, -0.25) is 9.59 Å².